The quantitative estimate of drug-likeness (QED) is 0.739. The molecular formula is C12H17NO2S. The summed E-state index contributed by atoms with van der Waals surface area (Å²) in [6, 6.07) is 1.84. The maximum absolute atomic E-state index is 12.3. The Morgan fingerprint density at radius 1 is 1.06 bits per heavy atom. The van der Waals surface area contributed by atoms with Crippen LogP contribution < -0.4 is 0 Å². The summed E-state index contributed by atoms with van der Waals surface area (Å²) in [5, 5.41) is 8.67. The molecule has 0 radical (unpaired) electrons. The fraction of sp³-hybridized carbons (Fsp3) is 0.917. The van der Waals surface area contributed by atoms with Crippen LogP contribution in [0.25, 0.3) is 0 Å². The topological polar surface area (TPSA) is 57.9 Å². The number of nitriles is 1. The van der Waals surface area contributed by atoms with Crippen LogP contribution in [0.3, 0.4) is 0 Å². The molecule has 0 heterocycles. The largest absolute Gasteiger partial charge is 0.227 e. The van der Waals surface area contributed by atoms with Gasteiger partial charge in [0.15, 0.2) is 9.84 Å². The highest BCUT2D eigenvalue weighted by molar-refractivity contribution is 7.93. The van der Waals surface area contributed by atoms with Crippen molar-refractivity contribution in [2.45, 2.75) is 43.3 Å². The summed E-state index contributed by atoms with van der Waals surface area (Å²) in [5.41, 5.74) is 0. The summed E-state index contributed by atoms with van der Waals surface area (Å²) < 4.78 is 24.0. The first-order chi connectivity index (χ1) is 7.55. The van der Waals surface area contributed by atoms with E-state index in [1.54, 1.807) is 0 Å². The lowest BCUT2D eigenvalue weighted by atomic mass is 9.56. The van der Waals surface area contributed by atoms with Crippen LogP contribution in [0.2, 0.25) is 0 Å². The lowest BCUT2D eigenvalue weighted by molar-refractivity contribution is 0.0340. The van der Waals surface area contributed by atoms with Gasteiger partial charge in [-0.15, -0.1) is 0 Å². The second-order valence-electron chi connectivity index (χ2n) is 6.02. The van der Waals surface area contributed by atoms with Gasteiger partial charge in [-0.1, -0.05) is 0 Å². The smallest absolute Gasteiger partial charge is 0.169 e. The molecule has 4 heteroatoms. The first-order valence-corrected chi connectivity index (χ1v) is 7.79. The maximum Gasteiger partial charge on any atom is 0.169 e. The number of rotatable bonds is 2. The third-order valence-corrected chi connectivity index (χ3v) is 7.22. The predicted octanol–water partition coefficient (Wildman–Crippen LogP) is 1.89. The molecule has 0 aliphatic heterocycles. The van der Waals surface area contributed by atoms with Gasteiger partial charge in [-0.2, -0.15) is 5.26 Å². The Morgan fingerprint density at radius 3 is 1.88 bits per heavy atom. The standard InChI is InChI=1S/C12H17NO2S/c13-1-2-16(14,15)12-6-9-3-10(7-12)5-11(4-9)8-12/h9-11H,2-8H2. The average Bonchev–Trinajstić information content (AvgIpc) is 2.14. The molecule has 0 atom stereocenters. The van der Waals surface area contributed by atoms with Gasteiger partial charge in [0.25, 0.3) is 0 Å². The minimum absolute atomic E-state index is 0.279. The molecule has 4 fully saturated rings. The van der Waals surface area contributed by atoms with Gasteiger partial charge in [0.1, 0.15) is 5.75 Å². The Kier molecular flexibility index (Phi) is 2.13. The molecule has 16 heavy (non-hydrogen) atoms. The Morgan fingerprint density at radius 2 is 1.50 bits per heavy atom. The fourth-order valence-corrected chi connectivity index (χ4v) is 6.60. The van der Waals surface area contributed by atoms with Gasteiger partial charge in [-0.3, -0.25) is 0 Å². The second kappa shape index (κ2) is 3.22. The lowest BCUT2D eigenvalue weighted by Gasteiger charge is -2.55. The average molecular weight is 239 g/mol. The number of hydrogen-bond acceptors (Lipinski definition) is 3. The van der Waals surface area contributed by atoms with Crippen molar-refractivity contribution in [1.29, 1.82) is 5.26 Å². The molecule has 4 aliphatic carbocycles. The van der Waals surface area contributed by atoms with Crippen LogP contribution in [0.1, 0.15) is 38.5 Å². The molecular weight excluding hydrogens is 222 g/mol. The molecule has 0 aromatic heterocycles. The molecule has 0 amide bonds. The zero-order valence-electron chi connectivity index (χ0n) is 9.35. The summed E-state index contributed by atoms with van der Waals surface area (Å²) in [5.74, 6) is 1.60. The summed E-state index contributed by atoms with van der Waals surface area (Å²) in [6.07, 6.45) is 6.22. The van der Waals surface area contributed by atoms with Crippen LogP contribution in [0.4, 0.5) is 0 Å². The van der Waals surface area contributed by atoms with E-state index in [1.807, 2.05) is 6.07 Å². The van der Waals surface area contributed by atoms with E-state index in [4.69, 9.17) is 5.26 Å². The van der Waals surface area contributed by atoms with E-state index >= 15 is 0 Å². The normalized spacial score (nSPS) is 45.6. The second-order valence-corrected chi connectivity index (χ2v) is 8.40. The van der Waals surface area contributed by atoms with E-state index in [2.05, 4.69) is 0 Å². The van der Waals surface area contributed by atoms with Gasteiger partial charge >= 0.3 is 0 Å². The molecule has 4 rings (SSSR count). The van der Waals surface area contributed by atoms with Crippen LogP contribution in [-0.2, 0) is 9.84 Å². The van der Waals surface area contributed by atoms with Crippen molar-refractivity contribution in [2.24, 2.45) is 17.8 Å². The Bertz CT molecular complexity index is 411. The minimum atomic E-state index is -3.19. The van der Waals surface area contributed by atoms with Crippen molar-refractivity contribution >= 4 is 9.84 Å². The highest BCUT2D eigenvalue weighted by atomic mass is 32.2. The van der Waals surface area contributed by atoms with E-state index in [0.717, 1.165) is 19.3 Å². The summed E-state index contributed by atoms with van der Waals surface area (Å²) in [7, 11) is -3.19. The van der Waals surface area contributed by atoms with Crippen LogP contribution >= 0.6 is 0 Å². The van der Waals surface area contributed by atoms with Crippen molar-refractivity contribution in [3.8, 4) is 6.07 Å². The summed E-state index contributed by atoms with van der Waals surface area (Å²) >= 11 is 0. The first kappa shape index (κ1) is 10.6. The lowest BCUT2D eigenvalue weighted by Crippen LogP contribution is -2.55. The molecule has 4 aliphatic rings. The van der Waals surface area contributed by atoms with E-state index in [9.17, 15) is 8.42 Å². The van der Waals surface area contributed by atoms with E-state index in [0.29, 0.717) is 17.8 Å². The number of sulfone groups is 1. The SMILES string of the molecule is N#CCS(=O)(=O)C12CC3CC(CC(C3)C1)C2. The fourth-order valence-electron chi connectivity index (χ4n) is 4.65. The van der Waals surface area contributed by atoms with Gasteiger partial charge in [-0.05, 0) is 56.3 Å². The highest BCUT2D eigenvalue weighted by Gasteiger charge is 2.57. The molecule has 4 bridgehead atoms. The van der Waals surface area contributed by atoms with Gasteiger partial charge in [-0.25, -0.2) is 8.42 Å². The molecule has 0 aromatic rings. The van der Waals surface area contributed by atoms with Crippen molar-refractivity contribution < 1.29 is 8.42 Å². The van der Waals surface area contributed by atoms with Gasteiger partial charge in [0.2, 0.25) is 0 Å². The molecule has 88 valence electrons. The van der Waals surface area contributed by atoms with E-state index < -0.39 is 14.6 Å². The summed E-state index contributed by atoms with van der Waals surface area (Å²) in [6.45, 7) is 0. The van der Waals surface area contributed by atoms with Crippen molar-refractivity contribution in [3.05, 3.63) is 0 Å². The minimum Gasteiger partial charge on any atom is -0.227 e. The third kappa shape index (κ3) is 1.34. The Hall–Kier alpha value is -0.560. The third-order valence-electron chi connectivity index (χ3n) is 4.90. The van der Waals surface area contributed by atoms with Gasteiger partial charge in [0.05, 0.1) is 10.8 Å². The van der Waals surface area contributed by atoms with Crippen molar-refractivity contribution in [3.63, 3.8) is 0 Å². The molecule has 4 saturated carbocycles. The van der Waals surface area contributed by atoms with Crippen LogP contribution in [0.5, 0.6) is 0 Å². The van der Waals surface area contributed by atoms with Gasteiger partial charge in [0, 0.05) is 0 Å². The van der Waals surface area contributed by atoms with Crippen LogP contribution in [0.15, 0.2) is 0 Å². The Labute approximate surface area is 96.8 Å². The molecule has 0 saturated heterocycles. The van der Waals surface area contributed by atoms with Gasteiger partial charge < -0.3 is 0 Å². The monoisotopic (exact) mass is 239 g/mol. The maximum atomic E-state index is 12.3. The number of nitrogens with zero attached hydrogens (tertiary/aromatic N) is 1. The molecule has 3 nitrogen and oxygen atoms in total. The zero-order chi connectivity index (χ0) is 11.4. The Balaban J connectivity index is 1.98. The molecule has 0 spiro atoms. The van der Waals surface area contributed by atoms with Crippen molar-refractivity contribution in [1.82, 2.24) is 0 Å². The molecule has 0 unspecified atom stereocenters. The van der Waals surface area contributed by atoms with E-state index in [-0.39, 0.29) is 5.75 Å². The zero-order valence-corrected chi connectivity index (χ0v) is 10.2. The highest BCUT2D eigenvalue weighted by Crippen LogP contribution is 2.58. The first-order valence-electron chi connectivity index (χ1n) is 6.14. The van der Waals surface area contributed by atoms with Crippen molar-refractivity contribution in [2.75, 3.05) is 5.75 Å². The van der Waals surface area contributed by atoms with Crippen LogP contribution in [-0.4, -0.2) is 18.9 Å². The van der Waals surface area contributed by atoms with E-state index in [1.165, 1.54) is 19.3 Å². The number of hydrogen-bond donors (Lipinski definition) is 0. The molecule has 0 aromatic carbocycles. The molecule has 0 N–H and O–H groups in total. The predicted molar refractivity (Wildman–Crippen MR) is 60.3 cm³/mol. The van der Waals surface area contributed by atoms with Crippen LogP contribution in [0, 0.1) is 29.1 Å². The summed E-state index contributed by atoms with van der Waals surface area (Å²) in [4.78, 5) is 0.